The Kier molecular flexibility index (Phi) is 4.50. The molecule has 2 aliphatic rings. The third-order valence-electron chi connectivity index (χ3n) is 3.51. The highest BCUT2D eigenvalue weighted by Gasteiger charge is 2.38. The molecule has 0 aromatic carbocycles. The molecule has 0 amide bonds. The smallest absolute Gasteiger partial charge is 0.154 e. The van der Waals surface area contributed by atoms with Gasteiger partial charge >= 0.3 is 0 Å². The largest absolute Gasteiger partial charge is 0.381 e. The topological polar surface area (TPSA) is 52.6 Å². The Labute approximate surface area is 111 Å². The lowest BCUT2D eigenvalue weighted by Gasteiger charge is -2.30. The predicted octanol–water partition coefficient (Wildman–Crippen LogP) is 1.52. The van der Waals surface area contributed by atoms with Crippen molar-refractivity contribution in [2.75, 3.05) is 18.6 Å². The van der Waals surface area contributed by atoms with E-state index in [4.69, 9.17) is 9.47 Å². The van der Waals surface area contributed by atoms with Crippen LogP contribution in [0.3, 0.4) is 0 Å². The van der Waals surface area contributed by atoms with Crippen LogP contribution in [0.5, 0.6) is 0 Å². The van der Waals surface area contributed by atoms with Gasteiger partial charge in [-0.2, -0.15) is 0 Å². The van der Waals surface area contributed by atoms with Gasteiger partial charge < -0.3 is 9.47 Å². The van der Waals surface area contributed by atoms with Crippen molar-refractivity contribution >= 4 is 25.8 Å². The van der Waals surface area contributed by atoms with Gasteiger partial charge in [0, 0.05) is 7.11 Å². The van der Waals surface area contributed by atoms with Crippen molar-refractivity contribution in [3.63, 3.8) is 0 Å². The molecule has 1 saturated heterocycles. The molecule has 1 heterocycles. The second-order valence-corrected chi connectivity index (χ2v) is 8.24. The molecule has 0 aromatic rings. The minimum Gasteiger partial charge on any atom is -0.381 e. The van der Waals surface area contributed by atoms with Crippen LogP contribution in [0.25, 0.3) is 0 Å². The van der Waals surface area contributed by atoms with E-state index in [0.717, 1.165) is 25.7 Å². The van der Waals surface area contributed by atoms with Gasteiger partial charge in [-0.05, 0) is 25.7 Å². The van der Waals surface area contributed by atoms with Crippen LogP contribution in [0.2, 0.25) is 0 Å². The lowest BCUT2D eigenvalue weighted by Crippen LogP contribution is -2.34. The standard InChI is InChI=1S/C11H19BrO4S/c1-15-8-3-2-4-9(5-8)16-11-7-17(13,14)6-10(11)12/h8-11H,2-7H2,1H3. The number of methoxy groups -OCH3 is 1. The van der Waals surface area contributed by atoms with Crippen LogP contribution in [-0.4, -0.2) is 50.2 Å². The Morgan fingerprint density at radius 1 is 1.18 bits per heavy atom. The van der Waals surface area contributed by atoms with Gasteiger partial charge in [-0.3, -0.25) is 0 Å². The van der Waals surface area contributed by atoms with Crippen LogP contribution in [0, 0.1) is 0 Å². The minimum atomic E-state index is -2.92. The second-order valence-electron chi connectivity index (χ2n) is 4.91. The first-order valence-electron chi connectivity index (χ1n) is 6.03. The molecule has 6 heteroatoms. The summed E-state index contributed by atoms with van der Waals surface area (Å²) in [5.41, 5.74) is 0. The molecular weight excluding hydrogens is 308 g/mol. The molecule has 0 spiro atoms. The zero-order chi connectivity index (χ0) is 12.5. The Hall–Kier alpha value is 0.350. The molecule has 0 N–H and O–H groups in total. The number of sulfone groups is 1. The zero-order valence-corrected chi connectivity index (χ0v) is 12.4. The summed E-state index contributed by atoms with van der Waals surface area (Å²) in [6.07, 6.45) is 4.28. The molecule has 0 bridgehead atoms. The van der Waals surface area contributed by atoms with Crippen molar-refractivity contribution in [3.05, 3.63) is 0 Å². The van der Waals surface area contributed by atoms with Gasteiger partial charge in [-0.15, -0.1) is 0 Å². The molecule has 1 aliphatic carbocycles. The number of ether oxygens (including phenoxy) is 2. The van der Waals surface area contributed by atoms with Crippen molar-refractivity contribution in [1.82, 2.24) is 0 Å². The van der Waals surface area contributed by atoms with E-state index < -0.39 is 9.84 Å². The average Bonchev–Trinajstić information content (AvgIpc) is 2.52. The normalized spacial score (nSPS) is 41.5. The lowest BCUT2D eigenvalue weighted by atomic mass is 9.95. The Morgan fingerprint density at radius 2 is 1.88 bits per heavy atom. The SMILES string of the molecule is COC1CCCC(OC2CS(=O)(=O)CC2Br)C1. The molecule has 100 valence electrons. The highest BCUT2D eigenvalue weighted by atomic mass is 79.9. The van der Waals surface area contributed by atoms with Crippen LogP contribution < -0.4 is 0 Å². The average molecular weight is 327 g/mol. The Morgan fingerprint density at radius 3 is 2.47 bits per heavy atom. The number of hydrogen-bond donors (Lipinski definition) is 0. The quantitative estimate of drug-likeness (QED) is 0.738. The fraction of sp³-hybridized carbons (Fsp3) is 1.00. The van der Waals surface area contributed by atoms with Crippen molar-refractivity contribution in [2.24, 2.45) is 0 Å². The zero-order valence-electron chi connectivity index (χ0n) is 9.97. The molecule has 2 fully saturated rings. The van der Waals surface area contributed by atoms with Crippen molar-refractivity contribution in [1.29, 1.82) is 0 Å². The molecule has 2 rings (SSSR count). The van der Waals surface area contributed by atoms with E-state index in [-0.39, 0.29) is 34.6 Å². The van der Waals surface area contributed by atoms with E-state index in [2.05, 4.69) is 15.9 Å². The molecule has 17 heavy (non-hydrogen) atoms. The van der Waals surface area contributed by atoms with E-state index in [1.165, 1.54) is 0 Å². The van der Waals surface area contributed by atoms with Gasteiger partial charge in [-0.25, -0.2) is 8.42 Å². The number of hydrogen-bond acceptors (Lipinski definition) is 4. The maximum atomic E-state index is 11.5. The van der Waals surface area contributed by atoms with Gasteiger partial charge in [0.25, 0.3) is 0 Å². The fourth-order valence-corrected chi connectivity index (χ4v) is 6.00. The summed E-state index contributed by atoms with van der Waals surface area (Å²) in [6, 6.07) is 0. The molecule has 4 atom stereocenters. The summed E-state index contributed by atoms with van der Waals surface area (Å²) in [7, 11) is -1.20. The maximum absolute atomic E-state index is 11.5. The maximum Gasteiger partial charge on any atom is 0.154 e. The molecule has 1 aliphatic heterocycles. The number of alkyl halides is 1. The Balaban J connectivity index is 1.89. The molecule has 1 saturated carbocycles. The summed E-state index contributed by atoms with van der Waals surface area (Å²) in [6.45, 7) is 0. The van der Waals surface area contributed by atoms with Crippen molar-refractivity contribution < 1.29 is 17.9 Å². The third-order valence-corrected chi connectivity index (χ3v) is 6.56. The fourth-order valence-electron chi connectivity index (χ4n) is 2.58. The first kappa shape index (κ1) is 13.8. The van der Waals surface area contributed by atoms with Gasteiger partial charge in [0.15, 0.2) is 9.84 Å². The molecule has 0 radical (unpaired) electrons. The number of halogens is 1. The van der Waals surface area contributed by atoms with E-state index in [1.807, 2.05) is 0 Å². The summed E-state index contributed by atoms with van der Waals surface area (Å²) < 4.78 is 34.2. The first-order chi connectivity index (χ1) is 8.00. The summed E-state index contributed by atoms with van der Waals surface area (Å²) in [5.74, 6) is 0.342. The van der Waals surface area contributed by atoms with Gasteiger partial charge in [0.05, 0.1) is 34.6 Å². The summed E-state index contributed by atoms with van der Waals surface area (Å²) in [4.78, 5) is -0.0598. The highest BCUT2D eigenvalue weighted by molar-refractivity contribution is 9.09. The predicted molar refractivity (Wildman–Crippen MR) is 69.3 cm³/mol. The van der Waals surface area contributed by atoms with Gasteiger partial charge in [0.2, 0.25) is 0 Å². The molecule has 0 aromatic heterocycles. The van der Waals surface area contributed by atoms with E-state index in [9.17, 15) is 8.42 Å². The van der Waals surface area contributed by atoms with Crippen molar-refractivity contribution in [3.8, 4) is 0 Å². The van der Waals surface area contributed by atoms with Gasteiger partial charge in [0.1, 0.15) is 0 Å². The second kappa shape index (κ2) is 5.55. The van der Waals surface area contributed by atoms with Crippen LogP contribution in [-0.2, 0) is 19.3 Å². The summed E-state index contributed by atoms with van der Waals surface area (Å²) >= 11 is 3.40. The monoisotopic (exact) mass is 326 g/mol. The summed E-state index contributed by atoms with van der Waals surface area (Å²) in [5, 5.41) is 0. The van der Waals surface area contributed by atoms with E-state index in [1.54, 1.807) is 7.11 Å². The molecular formula is C11H19BrO4S. The third kappa shape index (κ3) is 3.66. The highest BCUT2D eigenvalue weighted by Crippen LogP contribution is 2.29. The van der Waals surface area contributed by atoms with Crippen LogP contribution >= 0.6 is 15.9 Å². The van der Waals surface area contributed by atoms with Gasteiger partial charge in [-0.1, -0.05) is 15.9 Å². The van der Waals surface area contributed by atoms with Crippen LogP contribution in [0.1, 0.15) is 25.7 Å². The minimum absolute atomic E-state index is 0.0598. The Bertz CT molecular complexity index is 356. The van der Waals surface area contributed by atoms with Crippen LogP contribution in [0.15, 0.2) is 0 Å². The van der Waals surface area contributed by atoms with E-state index >= 15 is 0 Å². The first-order valence-corrected chi connectivity index (χ1v) is 8.76. The van der Waals surface area contributed by atoms with Crippen LogP contribution in [0.4, 0.5) is 0 Å². The lowest BCUT2D eigenvalue weighted by molar-refractivity contribution is -0.0543. The van der Waals surface area contributed by atoms with E-state index in [0.29, 0.717) is 0 Å². The molecule has 4 unspecified atom stereocenters. The number of rotatable bonds is 3. The molecule has 4 nitrogen and oxygen atoms in total. The van der Waals surface area contributed by atoms with Crippen molar-refractivity contribution in [2.45, 2.75) is 48.8 Å².